The van der Waals surface area contributed by atoms with E-state index in [1.165, 1.54) is 0 Å². The number of nitrogens with zero attached hydrogens (tertiary/aromatic N) is 1. The zero-order valence-electron chi connectivity index (χ0n) is 16.4. The second-order valence-electron chi connectivity index (χ2n) is 7.65. The number of methoxy groups -OCH3 is 1. The molecule has 0 unspecified atom stereocenters. The summed E-state index contributed by atoms with van der Waals surface area (Å²) in [5.74, 6) is 7.16. The molecule has 1 aromatic rings. The van der Waals surface area contributed by atoms with E-state index < -0.39 is 8.32 Å². The fourth-order valence-electron chi connectivity index (χ4n) is 1.74. The van der Waals surface area contributed by atoms with E-state index in [2.05, 4.69) is 64.5 Å². The molecule has 0 aliphatic heterocycles. The summed E-state index contributed by atoms with van der Waals surface area (Å²) in [5, 5.41) is 0.194. The van der Waals surface area contributed by atoms with Gasteiger partial charge in [-0.2, -0.15) is 0 Å². The van der Waals surface area contributed by atoms with Gasteiger partial charge in [-0.15, -0.1) is 0 Å². The standard InChI is InChI=1S/C20H31NO2Si/c1-16(2)21-19(17-11-13-18(22-6)14-12-17)10-9-15-23-24(7,8)20(3,4)5/h11-14,16H,15H2,1-8H3. The van der Waals surface area contributed by atoms with E-state index in [1.807, 2.05) is 24.3 Å². The molecule has 0 aromatic heterocycles. The Morgan fingerprint density at radius 2 is 1.75 bits per heavy atom. The van der Waals surface area contributed by atoms with Crippen LogP contribution in [0.25, 0.3) is 0 Å². The van der Waals surface area contributed by atoms with E-state index in [-0.39, 0.29) is 11.1 Å². The van der Waals surface area contributed by atoms with Crippen LogP contribution in [0.4, 0.5) is 0 Å². The molecule has 0 heterocycles. The van der Waals surface area contributed by atoms with Crippen LogP contribution in [0.1, 0.15) is 40.2 Å². The van der Waals surface area contributed by atoms with E-state index in [0.717, 1.165) is 17.0 Å². The van der Waals surface area contributed by atoms with Gasteiger partial charge >= 0.3 is 0 Å². The normalized spacial score (nSPS) is 12.8. The summed E-state index contributed by atoms with van der Waals surface area (Å²) in [6, 6.07) is 8.03. The van der Waals surface area contributed by atoms with E-state index >= 15 is 0 Å². The van der Waals surface area contributed by atoms with Crippen molar-refractivity contribution in [3.63, 3.8) is 0 Å². The molecule has 0 atom stereocenters. The molecule has 1 rings (SSSR count). The fourth-order valence-corrected chi connectivity index (χ4v) is 2.60. The summed E-state index contributed by atoms with van der Waals surface area (Å²) in [6.07, 6.45) is 0. The fraction of sp³-hybridized carbons (Fsp3) is 0.550. The average Bonchev–Trinajstić information content (AvgIpc) is 2.49. The minimum absolute atomic E-state index is 0.192. The zero-order chi connectivity index (χ0) is 18.4. The lowest BCUT2D eigenvalue weighted by Gasteiger charge is -2.35. The predicted molar refractivity (Wildman–Crippen MR) is 106 cm³/mol. The minimum atomic E-state index is -1.76. The van der Waals surface area contributed by atoms with Crippen molar-refractivity contribution in [2.75, 3.05) is 13.7 Å². The Hall–Kier alpha value is -1.57. The van der Waals surface area contributed by atoms with Crippen LogP contribution in [-0.2, 0) is 4.43 Å². The SMILES string of the molecule is COc1ccc(C(C#CCO[Si](C)(C)C(C)(C)C)=NC(C)C)cc1. The van der Waals surface area contributed by atoms with Gasteiger partial charge in [-0.05, 0) is 62.2 Å². The minimum Gasteiger partial charge on any atom is -0.497 e. The quantitative estimate of drug-likeness (QED) is 0.431. The lowest BCUT2D eigenvalue weighted by Crippen LogP contribution is -2.40. The summed E-state index contributed by atoms with van der Waals surface area (Å²) in [6.45, 7) is 15.7. The first kappa shape index (κ1) is 20.5. The molecule has 132 valence electrons. The monoisotopic (exact) mass is 345 g/mol. The van der Waals surface area contributed by atoms with Gasteiger partial charge in [-0.25, -0.2) is 0 Å². The Morgan fingerprint density at radius 3 is 2.21 bits per heavy atom. The molecule has 0 aliphatic carbocycles. The molecule has 0 radical (unpaired) electrons. The maximum absolute atomic E-state index is 6.11. The second-order valence-corrected chi connectivity index (χ2v) is 12.5. The molecule has 24 heavy (non-hydrogen) atoms. The topological polar surface area (TPSA) is 30.8 Å². The first-order valence-electron chi connectivity index (χ1n) is 8.42. The van der Waals surface area contributed by atoms with Gasteiger partial charge in [-0.1, -0.05) is 26.7 Å². The third-order valence-corrected chi connectivity index (χ3v) is 8.75. The lowest BCUT2D eigenvalue weighted by molar-refractivity contribution is 0.334. The van der Waals surface area contributed by atoms with Gasteiger partial charge in [0.05, 0.1) is 13.7 Å². The highest BCUT2D eigenvalue weighted by Gasteiger charge is 2.36. The summed E-state index contributed by atoms with van der Waals surface area (Å²) in [4.78, 5) is 4.64. The molecule has 0 N–H and O–H groups in total. The van der Waals surface area contributed by atoms with Crippen LogP contribution in [0.5, 0.6) is 5.75 Å². The van der Waals surface area contributed by atoms with Gasteiger partial charge in [0.25, 0.3) is 0 Å². The molecule has 1 aromatic carbocycles. The highest BCUT2D eigenvalue weighted by molar-refractivity contribution is 6.74. The molecule has 0 fully saturated rings. The van der Waals surface area contributed by atoms with E-state index in [9.17, 15) is 0 Å². The predicted octanol–water partition coefficient (Wildman–Crippen LogP) is 4.92. The Balaban J connectivity index is 2.89. The highest BCUT2D eigenvalue weighted by atomic mass is 28.4. The lowest BCUT2D eigenvalue weighted by atomic mass is 10.1. The van der Waals surface area contributed by atoms with Crippen LogP contribution in [0, 0.1) is 11.8 Å². The van der Waals surface area contributed by atoms with Gasteiger partial charge in [0, 0.05) is 11.6 Å². The maximum atomic E-state index is 6.11. The van der Waals surface area contributed by atoms with Crippen LogP contribution < -0.4 is 4.74 Å². The van der Waals surface area contributed by atoms with Crippen molar-refractivity contribution < 1.29 is 9.16 Å². The Morgan fingerprint density at radius 1 is 1.17 bits per heavy atom. The van der Waals surface area contributed by atoms with E-state index in [4.69, 9.17) is 9.16 Å². The molecule has 4 heteroatoms. The first-order chi connectivity index (χ1) is 11.1. The third kappa shape index (κ3) is 6.14. The van der Waals surface area contributed by atoms with E-state index in [1.54, 1.807) is 7.11 Å². The van der Waals surface area contributed by atoms with Crippen LogP contribution in [0.2, 0.25) is 18.1 Å². The Bertz CT molecular complexity index is 614. The van der Waals surface area contributed by atoms with Crippen LogP contribution >= 0.6 is 0 Å². The van der Waals surface area contributed by atoms with Crippen LogP contribution in [-0.4, -0.2) is 33.8 Å². The highest BCUT2D eigenvalue weighted by Crippen LogP contribution is 2.36. The summed E-state index contributed by atoms with van der Waals surface area (Å²) in [5.41, 5.74) is 1.80. The summed E-state index contributed by atoms with van der Waals surface area (Å²) < 4.78 is 11.3. The van der Waals surface area contributed by atoms with Gasteiger partial charge in [0.1, 0.15) is 11.5 Å². The molecule has 0 amide bonds. The Labute approximate surface area is 148 Å². The van der Waals surface area contributed by atoms with Gasteiger partial charge in [0.15, 0.2) is 8.32 Å². The van der Waals surface area contributed by atoms with Crippen molar-refractivity contribution in [2.24, 2.45) is 4.99 Å². The van der Waals surface area contributed by atoms with Crippen molar-refractivity contribution in [1.29, 1.82) is 0 Å². The maximum Gasteiger partial charge on any atom is 0.193 e. The van der Waals surface area contributed by atoms with Crippen molar-refractivity contribution in [2.45, 2.75) is 58.8 Å². The van der Waals surface area contributed by atoms with E-state index in [0.29, 0.717) is 6.61 Å². The second kappa shape index (κ2) is 8.50. The van der Waals surface area contributed by atoms with Gasteiger partial charge in [0.2, 0.25) is 0 Å². The molecular formula is C20H31NO2Si. The number of hydrogen-bond acceptors (Lipinski definition) is 3. The first-order valence-corrected chi connectivity index (χ1v) is 11.3. The summed E-state index contributed by atoms with van der Waals surface area (Å²) in [7, 11) is -0.0967. The molecular weight excluding hydrogens is 314 g/mol. The number of hydrogen-bond donors (Lipinski definition) is 0. The van der Waals surface area contributed by atoms with Crippen molar-refractivity contribution in [1.82, 2.24) is 0 Å². The van der Waals surface area contributed by atoms with Crippen molar-refractivity contribution in [3.8, 4) is 17.6 Å². The molecule has 0 spiro atoms. The average molecular weight is 346 g/mol. The van der Waals surface area contributed by atoms with Crippen molar-refractivity contribution >= 4 is 14.0 Å². The van der Waals surface area contributed by atoms with Crippen LogP contribution in [0.3, 0.4) is 0 Å². The number of ether oxygens (including phenoxy) is 1. The molecule has 3 nitrogen and oxygen atoms in total. The number of benzene rings is 1. The van der Waals surface area contributed by atoms with Crippen molar-refractivity contribution in [3.05, 3.63) is 29.8 Å². The van der Waals surface area contributed by atoms with Gasteiger partial charge in [-0.3, -0.25) is 4.99 Å². The molecule has 0 saturated heterocycles. The Kier molecular flexibility index (Phi) is 7.25. The smallest absolute Gasteiger partial charge is 0.193 e. The number of rotatable bonds is 5. The largest absolute Gasteiger partial charge is 0.497 e. The van der Waals surface area contributed by atoms with Gasteiger partial charge < -0.3 is 9.16 Å². The molecule has 0 saturated carbocycles. The molecule has 0 aliphatic rings. The van der Waals surface area contributed by atoms with Crippen LogP contribution in [0.15, 0.2) is 29.3 Å². The summed E-state index contributed by atoms with van der Waals surface area (Å²) >= 11 is 0. The third-order valence-electron chi connectivity index (χ3n) is 4.27. The zero-order valence-corrected chi connectivity index (χ0v) is 17.4. The molecule has 0 bridgehead atoms. The number of aliphatic imine (C=N–C) groups is 1.